The first kappa shape index (κ1) is 17.6. The molecule has 126 valence electrons. The summed E-state index contributed by atoms with van der Waals surface area (Å²) in [5, 5.41) is 4.19. The summed E-state index contributed by atoms with van der Waals surface area (Å²) in [5.74, 6) is 1.46. The molecule has 23 heavy (non-hydrogen) atoms. The smallest absolute Gasteiger partial charge is 0.348 e. The number of nitrogens with two attached hydrogens (primary N) is 1. The molecule has 2 aromatic heterocycles. The van der Waals surface area contributed by atoms with Crippen molar-refractivity contribution in [3.63, 3.8) is 0 Å². The Bertz CT molecular complexity index is 697. The maximum atomic E-state index is 12.3. The van der Waals surface area contributed by atoms with Gasteiger partial charge in [-0.05, 0) is 38.3 Å². The number of fused-ring (bicyclic) bond motifs is 1. The summed E-state index contributed by atoms with van der Waals surface area (Å²) < 4.78 is 5.35. The minimum Gasteiger partial charge on any atom is -0.461 e. The third-order valence-corrected chi connectivity index (χ3v) is 4.47. The third kappa shape index (κ3) is 4.17. The molecular formula is C16H24N4O2S. The first-order valence-electron chi connectivity index (χ1n) is 7.82. The van der Waals surface area contributed by atoms with Gasteiger partial charge in [0.05, 0.1) is 12.0 Å². The van der Waals surface area contributed by atoms with Crippen LogP contribution in [-0.2, 0) is 4.74 Å². The molecule has 0 bridgehead atoms. The van der Waals surface area contributed by atoms with Gasteiger partial charge < -0.3 is 15.8 Å². The van der Waals surface area contributed by atoms with Gasteiger partial charge in [-0.1, -0.05) is 13.8 Å². The topological polar surface area (TPSA) is 90.1 Å². The van der Waals surface area contributed by atoms with Crippen LogP contribution in [0.1, 0.15) is 41.3 Å². The Kier molecular flexibility index (Phi) is 5.90. The van der Waals surface area contributed by atoms with Crippen LogP contribution in [0.15, 0.2) is 0 Å². The molecule has 0 aliphatic rings. The van der Waals surface area contributed by atoms with Gasteiger partial charge in [0, 0.05) is 6.54 Å². The Morgan fingerprint density at radius 2 is 2.09 bits per heavy atom. The number of nitrogens with zero attached hydrogens (tertiary/aromatic N) is 2. The molecule has 2 rings (SSSR count). The van der Waals surface area contributed by atoms with Gasteiger partial charge in [0.2, 0.25) is 0 Å². The van der Waals surface area contributed by atoms with E-state index in [0.717, 1.165) is 34.6 Å². The molecule has 0 saturated heterocycles. The number of rotatable bonds is 7. The van der Waals surface area contributed by atoms with E-state index in [0.29, 0.717) is 29.8 Å². The van der Waals surface area contributed by atoms with E-state index in [-0.39, 0.29) is 5.97 Å². The Morgan fingerprint density at radius 3 is 2.74 bits per heavy atom. The molecule has 0 spiro atoms. The monoisotopic (exact) mass is 336 g/mol. The van der Waals surface area contributed by atoms with Gasteiger partial charge in [-0.25, -0.2) is 14.8 Å². The van der Waals surface area contributed by atoms with E-state index < -0.39 is 0 Å². The molecule has 0 atom stereocenters. The molecule has 0 aliphatic heterocycles. The number of carbonyl (C=O) groups is 1. The van der Waals surface area contributed by atoms with Crippen LogP contribution in [0.4, 0.5) is 5.82 Å². The zero-order valence-electron chi connectivity index (χ0n) is 14.1. The van der Waals surface area contributed by atoms with E-state index in [9.17, 15) is 4.79 Å². The van der Waals surface area contributed by atoms with Crippen molar-refractivity contribution in [1.29, 1.82) is 0 Å². The van der Waals surface area contributed by atoms with Crippen molar-refractivity contribution in [1.82, 2.24) is 9.97 Å². The second kappa shape index (κ2) is 7.70. The molecule has 7 heteroatoms. The predicted molar refractivity (Wildman–Crippen MR) is 94.2 cm³/mol. The van der Waals surface area contributed by atoms with E-state index in [1.54, 1.807) is 0 Å². The van der Waals surface area contributed by atoms with E-state index in [1.165, 1.54) is 11.3 Å². The van der Waals surface area contributed by atoms with Crippen molar-refractivity contribution >= 4 is 33.3 Å². The number of anilines is 1. The summed E-state index contributed by atoms with van der Waals surface area (Å²) in [7, 11) is 0. The molecule has 3 N–H and O–H groups in total. The Balaban J connectivity index is 2.36. The lowest BCUT2D eigenvalue weighted by Crippen LogP contribution is -2.11. The molecule has 0 aromatic carbocycles. The highest BCUT2D eigenvalue weighted by molar-refractivity contribution is 7.20. The Morgan fingerprint density at radius 1 is 1.35 bits per heavy atom. The summed E-state index contributed by atoms with van der Waals surface area (Å²) in [6.45, 7) is 9.56. The molecule has 0 amide bonds. The summed E-state index contributed by atoms with van der Waals surface area (Å²) in [6, 6.07) is 0. The summed E-state index contributed by atoms with van der Waals surface area (Å²) >= 11 is 1.36. The Labute approximate surface area is 140 Å². The highest BCUT2D eigenvalue weighted by Crippen LogP contribution is 2.34. The second-order valence-corrected chi connectivity index (χ2v) is 6.92. The number of aryl methyl sites for hydroxylation is 2. The van der Waals surface area contributed by atoms with Crippen LogP contribution in [0.25, 0.3) is 10.2 Å². The van der Waals surface area contributed by atoms with Crippen LogP contribution < -0.4 is 11.1 Å². The molecular weight excluding hydrogens is 312 g/mol. The Hall–Kier alpha value is -1.73. The molecule has 2 aromatic rings. The van der Waals surface area contributed by atoms with Crippen LogP contribution in [0, 0.1) is 19.8 Å². The first-order chi connectivity index (χ1) is 10.9. The van der Waals surface area contributed by atoms with Crippen LogP contribution in [0.2, 0.25) is 0 Å². The number of hydrogen-bond donors (Lipinski definition) is 2. The molecule has 0 unspecified atom stereocenters. The van der Waals surface area contributed by atoms with Gasteiger partial charge in [0.1, 0.15) is 21.3 Å². The quantitative estimate of drug-likeness (QED) is 0.597. The summed E-state index contributed by atoms with van der Waals surface area (Å²) in [4.78, 5) is 22.6. The number of aromatic nitrogens is 2. The van der Waals surface area contributed by atoms with Crippen LogP contribution in [-0.4, -0.2) is 35.6 Å². The lowest BCUT2D eigenvalue weighted by Gasteiger charge is -2.08. The second-order valence-electron chi connectivity index (χ2n) is 5.92. The van der Waals surface area contributed by atoms with Crippen molar-refractivity contribution in [2.45, 2.75) is 34.1 Å². The van der Waals surface area contributed by atoms with Crippen LogP contribution in [0.5, 0.6) is 0 Å². The van der Waals surface area contributed by atoms with Crippen molar-refractivity contribution in [2.75, 3.05) is 25.0 Å². The van der Waals surface area contributed by atoms with Crippen molar-refractivity contribution in [3.05, 3.63) is 16.3 Å². The number of thiophene rings is 1. The zero-order valence-corrected chi connectivity index (χ0v) is 14.9. The van der Waals surface area contributed by atoms with Crippen LogP contribution in [0.3, 0.4) is 0 Å². The van der Waals surface area contributed by atoms with Crippen LogP contribution >= 0.6 is 11.3 Å². The standard InChI is InChI=1S/C16H24N4O2S/c1-9(2)8-22-16(21)13-10(3)12-14(18-7-5-6-17)19-11(4)20-15(12)23-13/h9H,5-8,17H2,1-4H3,(H,18,19,20). The molecule has 0 fully saturated rings. The first-order valence-corrected chi connectivity index (χ1v) is 8.64. The van der Waals surface area contributed by atoms with Gasteiger partial charge in [0.15, 0.2) is 0 Å². The maximum Gasteiger partial charge on any atom is 0.348 e. The highest BCUT2D eigenvalue weighted by Gasteiger charge is 2.21. The molecule has 6 nitrogen and oxygen atoms in total. The molecule has 0 saturated carbocycles. The largest absolute Gasteiger partial charge is 0.461 e. The van der Waals surface area contributed by atoms with Gasteiger partial charge in [0.25, 0.3) is 0 Å². The third-order valence-electron chi connectivity index (χ3n) is 3.31. The lowest BCUT2D eigenvalue weighted by molar-refractivity contribution is 0.0464. The average Bonchev–Trinajstić information content (AvgIpc) is 2.82. The fourth-order valence-corrected chi connectivity index (χ4v) is 3.31. The predicted octanol–water partition coefficient (Wildman–Crippen LogP) is 2.88. The average molecular weight is 336 g/mol. The minimum absolute atomic E-state index is 0.287. The fraction of sp³-hybridized carbons (Fsp3) is 0.562. The molecule has 0 aliphatic carbocycles. The van der Waals surface area contributed by atoms with Gasteiger partial charge >= 0.3 is 5.97 Å². The number of nitrogens with one attached hydrogen (secondary N) is 1. The number of carbonyl (C=O) groups excluding carboxylic acids is 1. The SMILES string of the molecule is Cc1nc(NCCCN)c2c(C)c(C(=O)OCC(C)C)sc2n1. The van der Waals surface area contributed by atoms with Gasteiger partial charge in [-0.15, -0.1) is 11.3 Å². The van der Waals surface area contributed by atoms with Gasteiger partial charge in [-0.3, -0.25) is 0 Å². The summed E-state index contributed by atoms with van der Waals surface area (Å²) in [5.41, 5.74) is 6.40. The lowest BCUT2D eigenvalue weighted by atomic mass is 10.2. The minimum atomic E-state index is -0.287. The van der Waals surface area contributed by atoms with Crippen molar-refractivity contribution in [2.24, 2.45) is 11.7 Å². The zero-order chi connectivity index (χ0) is 17.0. The normalized spacial score (nSPS) is 11.2. The van der Waals surface area contributed by atoms with E-state index in [1.807, 2.05) is 27.7 Å². The van der Waals surface area contributed by atoms with E-state index >= 15 is 0 Å². The van der Waals surface area contributed by atoms with Crippen molar-refractivity contribution in [3.8, 4) is 0 Å². The van der Waals surface area contributed by atoms with E-state index in [4.69, 9.17) is 10.5 Å². The number of ether oxygens (including phenoxy) is 1. The summed E-state index contributed by atoms with van der Waals surface area (Å²) in [6.07, 6.45) is 0.858. The highest BCUT2D eigenvalue weighted by atomic mass is 32.1. The fourth-order valence-electron chi connectivity index (χ4n) is 2.18. The maximum absolute atomic E-state index is 12.3. The molecule has 0 radical (unpaired) electrons. The van der Waals surface area contributed by atoms with Crippen molar-refractivity contribution < 1.29 is 9.53 Å². The molecule has 2 heterocycles. The number of hydrogen-bond acceptors (Lipinski definition) is 7. The number of esters is 1. The van der Waals surface area contributed by atoms with E-state index in [2.05, 4.69) is 15.3 Å². The van der Waals surface area contributed by atoms with Gasteiger partial charge in [-0.2, -0.15) is 0 Å².